The molecule has 0 bridgehead atoms. The summed E-state index contributed by atoms with van der Waals surface area (Å²) in [7, 11) is 0. The van der Waals surface area contributed by atoms with Crippen molar-refractivity contribution in [3.05, 3.63) is 119 Å². The van der Waals surface area contributed by atoms with E-state index in [0.717, 1.165) is 36.1 Å². The van der Waals surface area contributed by atoms with Crippen LogP contribution in [0.3, 0.4) is 0 Å². The van der Waals surface area contributed by atoms with E-state index in [1.807, 2.05) is 54.6 Å². The van der Waals surface area contributed by atoms with Crippen molar-refractivity contribution in [2.24, 2.45) is 4.99 Å². The van der Waals surface area contributed by atoms with Gasteiger partial charge in [0.25, 0.3) is 0 Å². The molecule has 2 atom stereocenters. The Kier molecular flexibility index (Phi) is 8.79. The Morgan fingerprint density at radius 3 is 2.59 bits per heavy atom. The van der Waals surface area contributed by atoms with Crippen LogP contribution in [-0.2, 0) is 40.3 Å². The van der Waals surface area contributed by atoms with Crippen LogP contribution in [0.1, 0.15) is 46.6 Å². The van der Waals surface area contributed by atoms with Crippen molar-refractivity contribution in [3.8, 4) is 0 Å². The average molecular weight is 609 g/mol. The number of thioether (sulfide) groups is 1. The van der Waals surface area contributed by atoms with E-state index >= 15 is 0 Å². The van der Waals surface area contributed by atoms with Gasteiger partial charge in [-0.3, -0.25) is 14.5 Å². The summed E-state index contributed by atoms with van der Waals surface area (Å²) in [5.41, 5.74) is 5.70. The summed E-state index contributed by atoms with van der Waals surface area (Å²) in [5, 5.41) is 5.47. The van der Waals surface area contributed by atoms with Crippen molar-refractivity contribution in [1.29, 1.82) is 0 Å². The summed E-state index contributed by atoms with van der Waals surface area (Å²) in [6.07, 6.45) is 4.21. The highest BCUT2D eigenvalue weighted by atomic mass is 32.2. The first-order valence-corrected chi connectivity index (χ1v) is 15.4. The third-order valence-electron chi connectivity index (χ3n) is 7.57. The topological polar surface area (TPSA) is 113 Å². The summed E-state index contributed by atoms with van der Waals surface area (Å²) >= 11 is 1.40. The number of nitrogens with one attached hydrogen (secondary N) is 2. The molecule has 1 fully saturated rings. The molecule has 1 saturated heterocycles. The Labute approximate surface area is 259 Å². The molecule has 2 N–H and O–H groups in total. The normalized spacial score (nSPS) is 17.4. The van der Waals surface area contributed by atoms with E-state index < -0.39 is 23.3 Å². The zero-order chi connectivity index (χ0) is 30.5. The standard InChI is InChI=1S/C34H32N4O5S/c1-22(35-34(41)43-21-23-7-3-2-4-8-23)31(39)36-27-15-13-25(14-16-27)30-32(40)38(20-29-11-6-18-42-29)33(44-30)37-28-17-12-24-9-5-10-26(24)19-28/h2-4,6-8,11-19,22,30H,5,9-10,20-21H2,1H3,(H,35,41)(H,36,39)/b37-33-/t22-,30?/m0/s1. The van der Waals surface area contributed by atoms with Gasteiger partial charge in [0.05, 0.1) is 18.5 Å². The second kappa shape index (κ2) is 13.2. The minimum atomic E-state index is -0.821. The predicted octanol–water partition coefficient (Wildman–Crippen LogP) is 6.53. The molecule has 0 saturated carbocycles. The number of carbonyl (C=O) groups is 3. The van der Waals surface area contributed by atoms with E-state index in [4.69, 9.17) is 14.1 Å². The summed E-state index contributed by atoms with van der Waals surface area (Å²) < 4.78 is 10.7. The van der Waals surface area contributed by atoms with E-state index in [1.165, 1.54) is 22.9 Å². The highest BCUT2D eigenvalue weighted by Gasteiger charge is 2.39. The van der Waals surface area contributed by atoms with Crippen LogP contribution in [0.25, 0.3) is 0 Å². The second-order valence-corrected chi connectivity index (χ2v) is 11.8. The van der Waals surface area contributed by atoms with E-state index in [0.29, 0.717) is 16.6 Å². The number of ether oxygens (including phenoxy) is 1. The Hall–Kier alpha value is -4.83. The van der Waals surface area contributed by atoms with Crippen LogP contribution in [0, 0.1) is 0 Å². The lowest BCUT2D eigenvalue weighted by Gasteiger charge is -2.16. The van der Waals surface area contributed by atoms with Crippen molar-refractivity contribution < 1.29 is 23.5 Å². The second-order valence-electron chi connectivity index (χ2n) is 10.7. The maximum atomic E-state index is 13.7. The number of hydrogen-bond donors (Lipinski definition) is 2. The highest BCUT2D eigenvalue weighted by Crippen LogP contribution is 2.42. The van der Waals surface area contributed by atoms with E-state index in [2.05, 4.69) is 22.8 Å². The van der Waals surface area contributed by atoms with Gasteiger partial charge in [-0.15, -0.1) is 0 Å². The number of amidine groups is 1. The molecule has 224 valence electrons. The molecule has 9 nitrogen and oxygen atoms in total. The van der Waals surface area contributed by atoms with Gasteiger partial charge in [-0.2, -0.15) is 0 Å². The van der Waals surface area contributed by atoms with Gasteiger partial charge in [-0.25, -0.2) is 9.79 Å². The molecule has 0 spiro atoms. The monoisotopic (exact) mass is 608 g/mol. The van der Waals surface area contributed by atoms with E-state index in [9.17, 15) is 14.4 Å². The SMILES string of the molecule is C[C@H](NC(=O)OCc1ccccc1)C(=O)Nc1ccc(C2S/C(=N\c3ccc4c(c3)CCC4)N(Cc3ccco3)C2=O)cc1. The Balaban J connectivity index is 1.10. The number of amides is 3. The lowest BCUT2D eigenvalue weighted by atomic mass is 10.1. The maximum absolute atomic E-state index is 13.7. The molecular weight excluding hydrogens is 576 g/mol. The number of aliphatic imine (C=N–C) groups is 1. The Bertz CT molecular complexity index is 1670. The van der Waals surface area contributed by atoms with Crippen molar-refractivity contribution in [1.82, 2.24) is 10.2 Å². The van der Waals surface area contributed by atoms with Gasteiger partial charge >= 0.3 is 6.09 Å². The number of fused-ring (bicyclic) bond motifs is 1. The molecule has 3 aromatic carbocycles. The zero-order valence-electron chi connectivity index (χ0n) is 24.2. The van der Waals surface area contributed by atoms with Gasteiger partial charge in [0, 0.05) is 5.69 Å². The molecule has 1 aliphatic carbocycles. The molecule has 0 radical (unpaired) electrons. The zero-order valence-corrected chi connectivity index (χ0v) is 25.0. The quantitative estimate of drug-likeness (QED) is 0.224. The fourth-order valence-corrected chi connectivity index (χ4v) is 6.37. The van der Waals surface area contributed by atoms with Crippen LogP contribution in [0.4, 0.5) is 16.2 Å². The molecule has 1 unspecified atom stereocenters. The molecule has 6 rings (SSSR count). The number of carbonyl (C=O) groups excluding carboxylic acids is 3. The first-order chi connectivity index (χ1) is 21.4. The lowest BCUT2D eigenvalue weighted by Crippen LogP contribution is -2.41. The van der Waals surface area contributed by atoms with Gasteiger partial charge < -0.3 is 19.8 Å². The first-order valence-electron chi connectivity index (χ1n) is 14.5. The largest absolute Gasteiger partial charge is 0.467 e. The van der Waals surface area contributed by atoms with E-state index in [-0.39, 0.29) is 19.1 Å². The van der Waals surface area contributed by atoms with Gasteiger partial charge in [-0.05, 0) is 84.8 Å². The molecular formula is C34H32N4O5S. The van der Waals surface area contributed by atoms with Gasteiger partial charge in [-0.1, -0.05) is 60.3 Å². The third-order valence-corrected chi connectivity index (χ3v) is 8.80. The molecule has 1 aliphatic heterocycles. The lowest BCUT2D eigenvalue weighted by molar-refractivity contribution is -0.126. The number of hydrogen-bond acceptors (Lipinski definition) is 7. The highest BCUT2D eigenvalue weighted by molar-refractivity contribution is 8.15. The number of aryl methyl sites for hydroxylation is 2. The predicted molar refractivity (Wildman–Crippen MR) is 169 cm³/mol. The Morgan fingerprint density at radius 1 is 1.02 bits per heavy atom. The molecule has 4 aromatic rings. The number of benzene rings is 3. The fraction of sp³-hybridized carbons (Fsp3) is 0.235. The summed E-state index contributed by atoms with van der Waals surface area (Å²) in [5.74, 6) is 0.190. The Morgan fingerprint density at radius 2 is 1.82 bits per heavy atom. The molecule has 10 heteroatoms. The minimum absolute atomic E-state index is 0.0880. The molecule has 44 heavy (non-hydrogen) atoms. The van der Waals surface area contributed by atoms with Crippen molar-refractivity contribution >= 4 is 46.2 Å². The minimum Gasteiger partial charge on any atom is -0.467 e. The summed E-state index contributed by atoms with van der Waals surface area (Å²) in [6, 6.07) is 25.5. The molecule has 1 aromatic heterocycles. The van der Waals surface area contributed by atoms with Gasteiger partial charge in [0.2, 0.25) is 11.8 Å². The summed E-state index contributed by atoms with van der Waals surface area (Å²) in [4.78, 5) is 45.1. The maximum Gasteiger partial charge on any atom is 0.408 e. The number of anilines is 1. The van der Waals surface area contributed by atoms with Gasteiger partial charge in [0.15, 0.2) is 5.17 Å². The van der Waals surface area contributed by atoms with Crippen LogP contribution < -0.4 is 10.6 Å². The van der Waals surface area contributed by atoms with Crippen molar-refractivity contribution in [3.63, 3.8) is 0 Å². The van der Waals surface area contributed by atoms with Crippen molar-refractivity contribution in [2.75, 3.05) is 5.32 Å². The fourth-order valence-electron chi connectivity index (χ4n) is 5.19. The number of rotatable bonds is 9. The first kappa shape index (κ1) is 29.3. The van der Waals surface area contributed by atoms with Crippen molar-refractivity contribution in [2.45, 2.75) is 50.6 Å². The van der Waals surface area contributed by atoms with Crippen LogP contribution in [0.5, 0.6) is 0 Å². The average Bonchev–Trinajstić information content (AvgIpc) is 3.79. The van der Waals surface area contributed by atoms with Crippen LogP contribution in [0.15, 0.2) is 101 Å². The van der Waals surface area contributed by atoms with Crippen LogP contribution in [-0.4, -0.2) is 34.0 Å². The number of nitrogens with zero attached hydrogens (tertiary/aromatic N) is 2. The third kappa shape index (κ3) is 6.86. The molecule has 3 amide bonds. The van der Waals surface area contributed by atoms with E-state index in [1.54, 1.807) is 36.3 Å². The molecule has 2 aliphatic rings. The van der Waals surface area contributed by atoms with Gasteiger partial charge in [0.1, 0.15) is 23.7 Å². The van der Waals surface area contributed by atoms with Crippen LogP contribution >= 0.6 is 11.8 Å². The summed E-state index contributed by atoms with van der Waals surface area (Å²) in [6.45, 7) is 1.97. The molecule has 2 heterocycles. The van der Waals surface area contributed by atoms with Crippen LogP contribution in [0.2, 0.25) is 0 Å². The number of furan rings is 1. The smallest absolute Gasteiger partial charge is 0.408 e. The number of alkyl carbamates (subject to hydrolysis) is 1.